The van der Waals surface area contributed by atoms with Crippen LogP contribution >= 0.6 is 0 Å². The van der Waals surface area contributed by atoms with Crippen LogP contribution in [0.25, 0.3) is 10.9 Å². The lowest BCUT2D eigenvalue weighted by molar-refractivity contribution is 0.210. The Morgan fingerprint density at radius 2 is 2.10 bits per heavy atom. The Hall–Kier alpha value is -1.61. The van der Waals surface area contributed by atoms with Crippen LogP contribution in [0.3, 0.4) is 0 Å². The summed E-state index contributed by atoms with van der Waals surface area (Å²) in [6.45, 7) is 6.49. The van der Waals surface area contributed by atoms with Gasteiger partial charge in [-0.25, -0.2) is 0 Å². The summed E-state index contributed by atoms with van der Waals surface area (Å²) in [5, 5.41) is 4.51. The number of aromatic nitrogens is 1. The molecule has 0 saturated carbocycles. The highest BCUT2D eigenvalue weighted by atomic mass is 16.5. The molecule has 0 aliphatic heterocycles. The highest BCUT2D eigenvalue weighted by Crippen LogP contribution is 2.25. The molecule has 0 radical (unpaired) electrons. The van der Waals surface area contributed by atoms with E-state index < -0.39 is 0 Å². The highest BCUT2D eigenvalue weighted by Gasteiger charge is 2.07. The number of rotatable bonds is 8. The maximum atomic E-state index is 6.07. The second kappa shape index (κ2) is 7.85. The predicted octanol–water partition coefficient (Wildman–Crippen LogP) is 3.78. The fraction of sp³-hybridized carbons (Fsp3) is 0.471. The van der Waals surface area contributed by atoms with Gasteiger partial charge in [0, 0.05) is 11.6 Å². The topological polar surface area (TPSA) is 34.1 Å². The first-order valence-electron chi connectivity index (χ1n) is 7.52. The minimum Gasteiger partial charge on any atom is -0.490 e. The summed E-state index contributed by atoms with van der Waals surface area (Å²) < 4.78 is 6.07. The first-order valence-corrected chi connectivity index (χ1v) is 7.52. The molecule has 0 saturated heterocycles. The lowest BCUT2D eigenvalue weighted by Gasteiger charge is -2.16. The van der Waals surface area contributed by atoms with E-state index in [4.69, 9.17) is 4.74 Å². The SMILES string of the molecule is CCCNCCCC(C)Oc1cccc2ncccc12. The number of pyridine rings is 1. The van der Waals surface area contributed by atoms with Gasteiger partial charge in [0.1, 0.15) is 5.75 Å². The van der Waals surface area contributed by atoms with Gasteiger partial charge in [-0.3, -0.25) is 4.98 Å². The molecule has 2 rings (SSSR count). The second-order valence-corrected chi connectivity index (χ2v) is 5.15. The smallest absolute Gasteiger partial charge is 0.129 e. The average molecular weight is 272 g/mol. The molecule has 108 valence electrons. The Labute approximate surface area is 121 Å². The quantitative estimate of drug-likeness (QED) is 0.743. The Kier molecular flexibility index (Phi) is 5.81. The summed E-state index contributed by atoms with van der Waals surface area (Å²) in [5.41, 5.74) is 0.988. The number of hydrogen-bond acceptors (Lipinski definition) is 3. The number of nitrogens with zero attached hydrogens (tertiary/aromatic N) is 1. The van der Waals surface area contributed by atoms with E-state index in [1.54, 1.807) is 0 Å². The lowest BCUT2D eigenvalue weighted by atomic mass is 10.2. The van der Waals surface area contributed by atoms with E-state index in [1.807, 2.05) is 30.5 Å². The van der Waals surface area contributed by atoms with Gasteiger partial charge in [-0.05, 0) is 63.5 Å². The fourth-order valence-corrected chi connectivity index (χ4v) is 2.27. The van der Waals surface area contributed by atoms with E-state index in [0.717, 1.165) is 42.6 Å². The third kappa shape index (κ3) is 4.20. The molecule has 1 aromatic carbocycles. The van der Waals surface area contributed by atoms with E-state index in [-0.39, 0.29) is 6.10 Å². The van der Waals surface area contributed by atoms with Crippen LogP contribution in [0.4, 0.5) is 0 Å². The van der Waals surface area contributed by atoms with Crippen molar-refractivity contribution in [3.05, 3.63) is 36.5 Å². The van der Waals surface area contributed by atoms with Crippen molar-refractivity contribution >= 4 is 10.9 Å². The standard InChI is InChI=1S/C17H24N2O/c1-3-11-18-12-5-7-14(2)20-17-10-4-9-16-15(17)8-6-13-19-16/h4,6,8-10,13-14,18H,3,5,7,11-12H2,1-2H3. The minimum absolute atomic E-state index is 0.226. The first kappa shape index (κ1) is 14.8. The monoisotopic (exact) mass is 272 g/mol. The third-order valence-electron chi connectivity index (χ3n) is 3.32. The molecule has 0 aliphatic carbocycles. The highest BCUT2D eigenvalue weighted by molar-refractivity contribution is 5.84. The van der Waals surface area contributed by atoms with Crippen LogP contribution in [0.5, 0.6) is 5.75 Å². The number of benzene rings is 1. The van der Waals surface area contributed by atoms with Gasteiger partial charge in [-0.15, -0.1) is 0 Å². The molecule has 0 aliphatic rings. The van der Waals surface area contributed by atoms with Gasteiger partial charge < -0.3 is 10.1 Å². The van der Waals surface area contributed by atoms with Gasteiger partial charge in [0.2, 0.25) is 0 Å². The van der Waals surface area contributed by atoms with Crippen molar-refractivity contribution in [3.63, 3.8) is 0 Å². The van der Waals surface area contributed by atoms with Crippen LogP contribution < -0.4 is 10.1 Å². The summed E-state index contributed by atoms with van der Waals surface area (Å²) in [5.74, 6) is 0.935. The molecule has 0 bridgehead atoms. The van der Waals surface area contributed by atoms with Crippen molar-refractivity contribution in [1.29, 1.82) is 0 Å². The Bertz CT molecular complexity index is 522. The van der Waals surface area contributed by atoms with Crippen LogP contribution in [-0.4, -0.2) is 24.2 Å². The van der Waals surface area contributed by atoms with Gasteiger partial charge in [0.25, 0.3) is 0 Å². The summed E-state index contributed by atoms with van der Waals surface area (Å²) in [6, 6.07) is 10.1. The van der Waals surface area contributed by atoms with E-state index in [9.17, 15) is 0 Å². The molecule has 1 aromatic heterocycles. The maximum absolute atomic E-state index is 6.07. The molecule has 3 heteroatoms. The number of nitrogens with one attached hydrogen (secondary N) is 1. The van der Waals surface area contributed by atoms with E-state index in [0.29, 0.717) is 0 Å². The van der Waals surface area contributed by atoms with Crippen LogP contribution in [0.15, 0.2) is 36.5 Å². The summed E-state index contributed by atoms with van der Waals surface area (Å²) in [6.07, 6.45) is 5.44. The van der Waals surface area contributed by atoms with Crippen LogP contribution in [0, 0.1) is 0 Å². The summed E-state index contributed by atoms with van der Waals surface area (Å²) >= 11 is 0. The molecule has 20 heavy (non-hydrogen) atoms. The van der Waals surface area contributed by atoms with Crippen molar-refractivity contribution in [2.75, 3.05) is 13.1 Å². The number of ether oxygens (including phenoxy) is 1. The zero-order valence-electron chi connectivity index (χ0n) is 12.4. The maximum Gasteiger partial charge on any atom is 0.129 e. The molecule has 1 heterocycles. The van der Waals surface area contributed by atoms with Crippen LogP contribution in [-0.2, 0) is 0 Å². The molecule has 2 aromatic rings. The molecule has 0 spiro atoms. The molecule has 1 N–H and O–H groups in total. The minimum atomic E-state index is 0.226. The summed E-state index contributed by atoms with van der Waals surface area (Å²) in [4.78, 5) is 4.36. The molecule has 3 nitrogen and oxygen atoms in total. The number of hydrogen-bond donors (Lipinski definition) is 1. The Morgan fingerprint density at radius 3 is 2.95 bits per heavy atom. The van der Waals surface area contributed by atoms with E-state index in [2.05, 4.69) is 30.2 Å². The average Bonchev–Trinajstić information content (AvgIpc) is 2.47. The molecule has 0 fully saturated rings. The normalized spacial score (nSPS) is 12.5. The number of fused-ring (bicyclic) bond motifs is 1. The van der Waals surface area contributed by atoms with Gasteiger partial charge in [-0.2, -0.15) is 0 Å². The van der Waals surface area contributed by atoms with Gasteiger partial charge >= 0.3 is 0 Å². The Morgan fingerprint density at radius 1 is 1.20 bits per heavy atom. The zero-order chi connectivity index (χ0) is 14.2. The van der Waals surface area contributed by atoms with Crippen molar-refractivity contribution in [2.24, 2.45) is 0 Å². The van der Waals surface area contributed by atoms with Crippen LogP contribution in [0.2, 0.25) is 0 Å². The van der Waals surface area contributed by atoms with Crippen molar-refractivity contribution in [2.45, 2.75) is 39.2 Å². The zero-order valence-corrected chi connectivity index (χ0v) is 12.4. The second-order valence-electron chi connectivity index (χ2n) is 5.15. The van der Waals surface area contributed by atoms with Gasteiger partial charge in [0.15, 0.2) is 0 Å². The molecular weight excluding hydrogens is 248 g/mol. The third-order valence-corrected chi connectivity index (χ3v) is 3.32. The summed E-state index contributed by atoms with van der Waals surface area (Å²) in [7, 11) is 0. The van der Waals surface area contributed by atoms with Crippen LogP contribution in [0.1, 0.15) is 33.1 Å². The van der Waals surface area contributed by atoms with Gasteiger partial charge in [0.05, 0.1) is 11.6 Å². The molecule has 1 atom stereocenters. The molecule has 0 amide bonds. The molecular formula is C17H24N2O. The van der Waals surface area contributed by atoms with Crippen molar-refractivity contribution < 1.29 is 4.74 Å². The van der Waals surface area contributed by atoms with Gasteiger partial charge in [-0.1, -0.05) is 13.0 Å². The molecule has 1 unspecified atom stereocenters. The van der Waals surface area contributed by atoms with Crippen molar-refractivity contribution in [1.82, 2.24) is 10.3 Å². The lowest BCUT2D eigenvalue weighted by Crippen LogP contribution is -2.19. The Balaban J connectivity index is 1.88. The van der Waals surface area contributed by atoms with E-state index >= 15 is 0 Å². The largest absolute Gasteiger partial charge is 0.490 e. The first-order chi connectivity index (χ1) is 9.81. The predicted molar refractivity (Wildman–Crippen MR) is 84.2 cm³/mol. The fourth-order valence-electron chi connectivity index (χ4n) is 2.27. The van der Waals surface area contributed by atoms with E-state index in [1.165, 1.54) is 6.42 Å². The van der Waals surface area contributed by atoms with Crippen molar-refractivity contribution in [3.8, 4) is 5.75 Å².